The number of hydrogen-bond acceptors (Lipinski definition) is 2. The van der Waals surface area contributed by atoms with E-state index in [1.54, 1.807) is 6.92 Å². The Morgan fingerprint density at radius 3 is 2.31 bits per heavy atom. The molecule has 0 aromatic rings. The summed E-state index contributed by atoms with van der Waals surface area (Å²) in [4.78, 5) is 10.5. The number of nitrogens with one attached hydrogen (secondary N) is 1. The molecule has 3 nitrogen and oxygen atoms in total. The molecule has 0 fully saturated rings. The van der Waals surface area contributed by atoms with E-state index in [4.69, 9.17) is 5.11 Å². The molecule has 78 valence electrons. The van der Waals surface area contributed by atoms with Crippen LogP contribution in [0.15, 0.2) is 0 Å². The summed E-state index contributed by atoms with van der Waals surface area (Å²) in [7, 11) is 0. The maximum atomic E-state index is 10.5. The Morgan fingerprint density at radius 2 is 1.92 bits per heavy atom. The molecule has 3 heteroatoms. The second-order valence-electron chi connectivity index (χ2n) is 3.50. The van der Waals surface area contributed by atoms with Crippen LogP contribution in [0.4, 0.5) is 0 Å². The van der Waals surface area contributed by atoms with Crippen molar-refractivity contribution in [3.8, 4) is 0 Å². The fourth-order valence-electron chi connectivity index (χ4n) is 1.20. The van der Waals surface area contributed by atoms with Crippen molar-refractivity contribution in [2.75, 3.05) is 6.54 Å². The molecule has 0 aromatic heterocycles. The first-order chi connectivity index (χ1) is 6.11. The molecule has 0 aliphatic carbocycles. The van der Waals surface area contributed by atoms with Crippen LogP contribution in [0.1, 0.15) is 40.0 Å². The number of carboxylic acid groups (broad SMARTS) is 1. The molecule has 0 spiro atoms. The molecule has 0 saturated carbocycles. The minimum atomic E-state index is -0.702. The Balaban J connectivity index is 3.48. The summed E-state index contributed by atoms with van der Waals surface area (Å²) < 4.78 is 0. The van der Waals surface area contributed by atoms with Crippen LogP contribution in [0.5, 0.6) is 0 Å². The van der Waals surface area contributed by atoms with Crippen molar-refractivity contribution >= 4 is 5.97 Å². The summed E-state index contributed by atoms with van der Waals surface area (Å²) in [5, 5.41) is 12.0. The van der Waals surface area contributed by atoms with E-state index in [0.717, 1.165) is 19.4 Å². The van der Waals surface area contributed by atoms with Gasteiger partial charge in [-0.05, 0) is 25.8 Å². The van der Waals surface area contributed by atoms with E-state index in [9.17, 15) is 4.79 Å². The standard InChI is InChI=1S/C10H21NO2/c1-4-9(5-2)11-7-6-8(3)10(12)13/h8-9,11H,4-7H2,1-3H3,(H,12,13). The van der Waals surface area contributed by atoms with Gasteiger partial charge < -0.3 is 10.4 Å². The first kappa shape index (κ1) is 12.4. The van der Waals surface area contributed by atoms with Gasteiger partial charge in [-0.25, -0.2) is 0 Å². The first-order valence-electron chi connectivity index (χ1n) is 5.07. The predicted octanol–water partition coefficient (Wildman–Crippen LogP) is 1.88. The largest absolute Gasteiger partial charge is 0.481 e. The van der Waals surface area contributed by atoms with Gasteiger partial charge in [0, 0.05) is 6.04 Å². The summed E-state index contributed by atoms with van der Waals surface area (Å²) >= 11 is 0. The van der Waals surface area contributed by atoms with Gasteiger partial charge in [0.05, 0.1) is 5.92 Å². The van der Waals surface area contributed by atoms with Crippen molar-refractivity contribution in [1.29, 1.82) is 0 Å². The lowest BCUT2D eigenvalue weighted by Gasteiger charge is -2.15. The molecule has 0 aromatic carbocycles. The van der Waals surface area contributed by atoms with Crippen LogP contribution in [0.25, 0.3) is 0 Å². The first-order valence-corrected chi connectivity index (χ1v) is 5.07. The van der Waals surface area contributed by atoms with Gasteiger partial charge in [-0.2, -0.15) is 0 Å². The van der Waals surface area contributed by atoms with Gasteiger partial charge in [-0.3, -0.25) is 4.79 Å². The number of carbonyl (C=O) groups is 1. The van der Waals surface area contributed by atoms with Crippen LogP contribution in [-0.2, 0) is 4.79 Å². The number of carboxylic acids is 1. The third-order valence-corrected chi connectivity index (χ3v) is 2.42. The topological polar surface area (TPSA) is 49.3 Å². The van der Waals surface area contributed by atoms with Crippen LogP contribution >= 0.6 is 0 Å². The molecule has 0 radical (unpaired) electrons. The maximum absolute atomic E-state index is 10.5. The van der Waals surface area contributed by atoms with Crippen molar-refractivity contribution in [3.05, 3.63) is 0 Å². The fraction of sp³-hybridized carbons (Fsp3) is 0.900. The average molecular weight is 187 g/mol. The summed E-state index contributed by atoms with van der Waals surface area (Å²) in [6.07, 6.45) is 2.93. The van der Waals surface area contributed by atoms with Crippen LogP contribution < -0.4 is 5.32 Å². The zero-order valence-electron chi connectivity index (χ0n) is 8.84. The lowest BCUT2D eigenvalue weighted by atomic mass is 10.1. The Hall–Kier alpha value is -0.570. The lowest BCUT2D eigenvalue weighted by molar-refractivity contribution is -0.141. The van der Waals surface area contributed by atoms with E-state index in [-0.39, 0.29) is 5.92 Å². The van der Waals surface area contributed by atoms with Crippen LogP contribution in [0.2, 0.25) is 0 Å². The molecule has 1 atom stereocenters. The van der Waals surface area contributed by atoms with E-state index in [1.807, 2.05) is 0 Å². The molecule has 0 bridgehead atoms. The summed E-state index contributed by atoms with van der Waals surface area (Å²) in [5.41, 5.74) is 0. The zero-order valence-corrected chi connectivity index (χ0v) is 8.84. The van der Waals surface area contributed by atoms with Crippen molar-refractivity contribution < 1.29 is 9.90 Å². The molecule has 0 heterocycles. The van der Waals surface area contributed by atoms with Gasteiger partial charge >= 0.3 is 5.97 Å². The van der Waals surface area contributed by atoms with E-state index in [2.05, 4.69) is 19.2 Å². The van der Waals surface area contributed by atoms with E-state index < -0.39 is 5.97 Å². The number of hydrogen-bond donors (Lipinski definition) is 2. The van der Waals surface area contributed by atoms with Gasteiger partial charge in [0.25, 0.3) is 0 Å². The summed E-state index contributed by atoms with van der Waals surface area (Å²) in [6, 6.07) is 0.543. The average Bonchev–Trinajstić information content (AvgIpc) is 2.12. The Morgan fingerprint density at radius 1 is 1.38 bits per heavy atom. The summed E-state index contributed by atoms with van der Waals surface area (Å²) in [5.74, 6) is -0.937. The quantitative estimate of drug-likeness (QED) is 0.639. The Labute approximate surface area is 80.5 Å². The minimum absolute atomic E-state index is 0.234. The van der Waals surface area contributed by atoms with Crippen LogP contribution in [0.3, 0.4) is 0 Å². The fourth-order valence-corrected chi connectivity index (χ4v) is 1.20. The Kier molecular flexibility index (Phi) is 6.59. The summed E-state index contributed by atoms with van der Waals surface area (Å²) in [6.45, 7) is 6.83. The van der Waals surface area contributed by atoms with Gasteiger partial charge in [0.15, 0.2) is 0 Å². The highest BCUT2D eigenvalue weighted by atomic mass is 16.4. The molecule has 0 rings (SSSR count). The maximum Gasteiger partial charge on any atom is 0.306 e. The molecule has 0 amide bonds. The third kappa shape index (κ3) is 5.64. The third-order valence-electron chi connectivity index (χ3n) is 2.42. The molecule has 0 aliphatic rings. The predicted molar refractivity (Wildman–Crippen MR) is 53.8 cm³/mol. The van der Waals surface area contributed by atoms with Gasteiger partial charge in [-0.15, -0.1) is 0 Å². The highest BCUT2D eigenvalue weighted by Crippen LogP contribution is 2.02. The highest BCUT2D eigenvalue weighted by Gasteiger charge is 2.10. The molecule has 1 unspecified atom stereocenters. The van der Waals surface area contributed by atoms with Crippen LogP contribution in [0, 0.1) is 5.92 Å². The van der Waals surface area contributed by atoms with Gasteiger partial charge in [0.2, 0.25) is 0 Å². The Bertz CT molecular complexity index is 144. The minimum Gasteiger partial charge on any atom is -0.481 e. The van der Waals surface area contributed by atoms with Crippen LogP contribution in [-0.4, -0.2) is 23.7 Å². The van der Waals surface area contributed by atoms with E-state index >= 15 is 0 Å². The lowest BCUT2D eigenvalue weighted by Crippen LogP contribution is -2.30. The van der Waals surface area contributed by atoms with E-state index in [0.29, 0.717) is 12.5 Å². The zero-order chi connectivity index (χ0) is 10.3. The number of rotatable bonds is 7. The van der Waals surface area contributed by atoms with Crippen molar-refractivity contribution in [2.24, 2.45) is 5.92 Å². The molecule has 0 saturated heterocycles. The molecule has 0 aliphatic heterocycles. The number of aliphatic carboxylic acids is 1. The second kappa shape index (κ2) is 6.89. The van der Waals surface area contributed by atoms with Gasteiger partial charge in [0.1, 0.15) is 0 Å². The smallest absolute Gasteiger partial charge is 0.306 e. The molecular formula is C10H21NO2. The molecular weight excluding hydrogens is 166 g/mol. The second-order valence-corrected chi connectivity index (χ2v) is 3.50. The highest BCUT2D eigenvalue weighted by molar-refractivity contribution is 5.69. The van der Waals surface area contributed by atoms with Crippen molar-refractivity contribution in [2.45, 2.75) is 46.1 Å². The van der Waals surface area contributed by atoms with Crippen molar-refractivity contribution in [3.63, 3.8) is 0 Å². The van der Waals surface area contributed by atoms with Gasteiger partial charge in [-0.1, -0.05) is 20.8 Å². The SMILES string of the molecule is CCC(CC)NCCC(C)C(=O)O. The monoisotopic (exact) mass is 187 g/mol. The van der Waals surface area contributed by atoms with Crippen molar-refractivity contribution in [1.82, 2.24) is 5.32 Å². The molecule has 2 N–H and O–H groups in total. The van der Waals surface area contributed by atoms with E-state index in [1.165, 1.54) is 0 Å². The molecule has 13 heavy (non-hydrogen) atoms. The normalized spacial score (nSPS) is 13.2.